The number of likely N-dealkylation sites (N-methyl/N-ethyl adjacent to an activating group) is 1. The quantitative estimate of drug-likeness (QED) is 0.626. The summed E-state index contributed by atoms with van der Waals surface area (Å²) in [5, 5.41) is 0. The SMILES string of the molecule is CN1CCN(C(CC2CC2)c2nc3scnc3c(=O)n2Cc2ccccc2)CC1. The van der Waals surface area contributed by atoms with Crippen molar-refractivity contribution in [3.8, 4) is 0 Å². The van der Waals surface area contributed by atoms with E-state index in [4.69, 9.17) is 4.98 Å². The van der Waals surface area contributed by atoms with Crippen molar-refractivity contribution in [1.82, 2.24) is 24.3 Å². The Morgan fingerprint density at radius 3 is 2.62 bits per heavy atom. The summed E-state index contributed by atoms with van der Waals surface area (Å²) >= 11 is 1.47. The minimum absolute atomic E-state index is 0.00923. The lowest BCUT2D eigenvalue weighted by molar-refractivity contribution is 0.0972. The van der Waals surface area contributed by atoms with Crippen molar-refractivity contribution >= 4 is 21.7 Å². The van der Waals surface area contributed by atoms with E-state index < -0.39 is 0 Å². The number of thiazole rings is 1. The molecule has 0 N–H and O–H groups in total. The van der Waals surface area contributed by atoms with Gasteiger partial charge < -0.3 is 4.90 Å². The Kier molecular flexibility index (Phi) is 5.20. The third kappa shape index (κ3) is 3.99. The molecular formula is C22H27N5OS. The van der Waals surface area contributed by atoms with Gasteiger partial charge in [0.1, 0.15) is 5.82 Å². The highest BCUT2D eigenvalue weighted by atomic mass is 32.1. The van der Waals surface area contributed by atoms with Crippen LogP contribution in [0.25, 0.3) is 10.3 Å². The number of benzene rings is 1. The molecule has 1 unspecified atom stereocenters. The topological polar surface area (TPSA) is 54.3 Å². The molecule has 5 rings (SSSR count). The summed E-state index contributed by atoms with van der Waals surface area (Å²) in [7, 11) is 2.18. The highest BCUT2D eigenvalue weighted by Crippen LogP contribution is 2.40. The molecule has 152 valence electrons. The van der Waals surface area contributed by atoms with Crippen molar-refractivity contribution in [1.29, 1.82) is 0 Å². The number of hydrogen-bond donors (Lipinski definition) is 0. The molecule has 0 radical (unpaired) electrons. The smallest absolute Gasteiger partial charge is 0.281 e. The van der Waals surface area contributed by atoms with Gasteiger partial charge in [0.25, 0.3) is 5.56 Å². The molecule has 3 aromatic rings. The first-order valence-electron chi connectivity index (χ1n) is 10.5. The molecule has 0 spiro atoms. The molecule has 29 heavy (non-hydrogen) atoms. The second-order valence-corrected chi connectivity index (χ2v) is 9.22. The van der Waals surface area contributed by atoms with Gasteiger partial charge in [0.2, 0.25) is 0 Å². The molecule has 1 atom stereocenters. The van der Waals surface area contributed by atoms with E-state index >= 15 is 0 Å². The van der Waals surface area contributed by atoms with Gasteiger partial charge in [-0.15, -0.1) is 11.3 Å². The monoisotopic (exact) mass is 409 g/mol. The summed E-state index contributed by atoms with van der Waals surface area (Å²) in [6, 6.07) is 10.4. The molecule has 2 aromatic heterocycles. The molecule has 0 bridgehead atoms. The maximum Gasteiger partial charge on any atom is 0.281 e. The van der Waals surface area contributed by atoms with Crippen molar-refractivity contribution in [3.63, 3.8) is 0 Å². The minimum atomic E-state index is -0.00923. The van der Waals surface area contributed by atoms with Gasteiger partial charge >= 0.3 is 0 Å². The van der Waals surface area contributed by atoms with E-state index in [-0.39, 0.29) is 11.6 Å². The number of nitrogens with zero attached hydrogens (tertiary/aromatic N) is 5. The Bertz CT molecular complexity index is 1030. The minimum Gasteiger partial charge on any atom is -0.304 e. The fraction of sp³-hybridized carbons (Fsp3) is 0.500. The molecular weight excluding hydrogens is 382 g/mol. The normalized spacial score (nSPS) is 19.6. The van der Waals surface area contributed by atoms with E-state index in [1.165, 1.54) is 24.2 Å². The largest absolute Gasteiger partial charge is 0.304 e. The number of hydrogen-bond acceptors (Lipinski definition) is 6. The Labute approximate surface area is 174 Å². The lowest BCUT2D eigenvalue weighted by Gasteiger charge is -2.38. The molecule has 1 saturated heterocycles. The zero-order chi connectivity index (χ0) is 19.8. The molecule has 6 nitrogen and oxygen atoms in total. The standard InChI is InChI=1S/C22H27N5OS/c1-25-9-11-26(12-10-25)18(13-16-7-8-16)20-24-21-19(23-15-29-21)22(28)27(20)14-17-5-3-2-4-6-17/h2-6,15-16,18H,7-14H2,1H3. The number of fused-ring (bicyclic) bond motifs is 1. The summed E-state index contributed by atoms with van der Waals surface area (Å²) in [5.41, 5.74) is 3.35. The van der Waals surface area contributed by atoms with Gasteiger partial charge in [-0.3, -0.25) is 14.3 Å². The first-order chi connectivity index (χ1) is 14.2. The summed E-state index contributed by atoms with van der Waals surface area (Å²) in [4.78, 5) is 28.4. The second-order valence-electron chi connectivity index (χ2n) is 8.39. The Morgan fingerprint density at radius 1 is 1.14 bits per heavy atom. The molecule has 1 aliphatic heterocycles. The number of aromatic nitrogens is 3. The highest BCUT2D eigenvalue weighted by molar-refractivity contribution is 7.16. The van der Waals surface area contributed by atoms with Crippen LogP contribution in [0, 0.1) is 5.92 Å². The molecule has 1 saturated carbocycles. The van der Waals surface area contributed by atoms with E-state index in [1.807, 2.05) is 22.8 Å². The van der Waals surface area contributed by atoms with Crippen LogP contribution in [-0.4, -0.2) is 57.6 Å². The van der Waals surface area contributed by atoms with Crippen LogP contribution in [-0.2, 0) is 6.54 Å². The van der Waals surface area contributed by atoms with Crippen LogP contribution in [0.5, 0.6) is 0 Å². The average molecular weight is 410 g/mol. The lowest BCUT2D eigenvalue weighted by Crippen LogP contribution is -2.47. The fourth-order valence-electron chi connectivity index (χ4n) is 4.26. The fourth-order valence-corrected chi connectivity index (χ4v) is 4.91. The van der Waals surface area contributed by atoms with Crippen molar-refractivity contribution in [2.45, 2.75) is 31.8 Å². The van der Waals surface area contributed by atoms with Crippen LogP contribution >= 0.6 is 11.3 Å². The predicted octanol–water partition coefficient (Wildman–Crippen LogP) is 2.99. The third-order valence-corrected chi connectivity index (χ3v) is 6.92. The molecule has 3 heterocycles. The zero-order valence-corrected chi connectivity index (χ0v) is 17.6. The van der Waals surface area contributed by atoms with Crippen LogP contribution in [0.15, 0.2) is 40.6 Å². The van der Waals surface area contributed by atoms with Gasteiger partial charge in [0.15, 0.2) is 10.3 Å². The second kappa shape index (κ2) is 7.97. The van der Waals surface area contributed by atoms with E-state index in [0.29, 0.717) is 12.1 Å². The van der Waals surface area contributed by atoms with Crippen molar-refractivity contribution in [2.75, 3.05) is 33.2 Å². The van der Waals surface area contributed by atoms with Gasteiger partial charge in [0, 0.05) is 26.2 Å². The first kappa shape index (κ1) is 18.9. The summed E-state index contributed by atoms with van der Waals surface area (Å²) in [6.45, 7) is 4.72. The zero-order valence-electron chi connectivity index (χ0n) is 16.8. The third-order valence-electron chi connectivity index (χ3n) is 6.20. The van der Waals surface area contributed by atoms with Crippen molar-refractivity contribution < 1.29 is 0 Å². The molecule has 2 aliphatic rings. The Hall–Kier alpha value is -2.09. The number of rotatable bonds is 6. The highest BCUT2D eigenvalue weighted by Gasteiger charge is 2.34. The van der Waals surface area contributed by atoms with E-state index in [0.717, 1.165) is 54.7 Å². The van der Waals surface area contributed by atoms with E-state index in [1.54, 1.807) is 5.51 Å². The summed E-state index contributed by atoms with van der Waals surface area (Å²) in [5.74, 6) is 1.69. The Balaban J connectivity index is 1.60. The van der Waals surface area contributed by atoms with E-state index in [2.05, 4.69) is 34.0 Å². The van der Waals surface area contributed by atoms with Crippen LogP contribution in [0.1, 0.15) is 36.7 Å². The molecule has 7 heteroatoms. The lowest BCUT2D eigenvalue weighted by atomic mass is 10.1. The first-order valence-corrected chi connectivity index (χ1v) is 11.4. The molecule has 0 amide bonds. The predicted molar refractivity (Wildman–Crippen MR) is 116 cm³/mol. The van der Waals surface area contributed by atoms with Gasteiger partial charge in [-0.1, -0.05) is 43.2 Å². The van der Waals surface area contributed by atoms with Crippen LogP contribution in [0.4, 0.5) is 0 Å². The van der Waals surface area contributed by atoms with Gasteiger partial charge in [-0.25, -0.2) is 9.97 Å². The van der Waals surface area contributed by atoms with Gasteiger partial charge in [0.05, 0.1) is 18.1 Å². The van der Waals surface area contributed by atoms with Gasteiger partial charge in [-0.05, 0) is 24.9 Å². The van der Waals surface area contributed by atoms with E-state index in [9.17, 15) is 4.79 Å². The molecule has 2 fully saturated rings. The van der Waals surface area contributed by atoms with Crippen LogP contribution in [0.3, 0.4) is 0 Å². The molecule has 1 aliphatic carbocycles. The van der Waals surface area contributed by atoms with Crippen molar-refractivity contribution in [2.24, 2.45) is 5.92 Å². The number of piperazine rings is 1. The van der Waals surface area contributed by atoms with Crippen LogP contribution in [0.2, 0.25) is 0 Å². The average Bonchev–Trinajstić information content (AvgIpc) is 3.44. The maximum atomic E-state index is 13.4. The summed E-state index contributed by atoms with van der Waals surface area (Å²) < 4.78 is 1.89. The summed E-state index contributed by atoms with van der Waals surface area (Å²) in [6.07, 6.45) is 3.70. The van der Waals surface area contributed by atoms with Crippen molar-refractivity contribution in [3.05, 3.63) is 57.6 Å². The maximum absolute atomic E-state index is 13.4. The van der Waals surface area contributed by atoms with Gasteiger partial charge in [-0.2, -0.15) is 0 Å². The Morgan fingerprint density at radius 2 is 1.90 bits per heavy atom. The van der Waals surface area contributed by atoms with Crippen LogP contribution < -0.4 is 5.56 Å². The molecule has 1 aromatic carbocycles.